The number of carbonyl (C=O) groups excluding carboxylic acids is 1. The highest BCUT2D eigenvalue weighted by molar-refractivity contribution is 5.46. The van der Waals surface area contributed by atoms with E-state index in [2.05, 4.69) is 26.1 Å². The summed E-state index contributed by atoms with van der Waals surface area (Å²) in [5, 5.41) is 3.18. The van der Waals surface area contributed by atoms with E-state index in [0.29, 0.717) is 5.92 Å². The van der Waals surface area contributed by atoms with E-state index in [1.54, 1.807) is 4.90 Å². The lowest BCUT2D eigenvalue weighted by atomic mass is 9.78. The van der Waals surface area contributed by atoms with Crippen molar-refractivity contribution in [3.05, 3.63) is 0 Å². The van der Waals surface area contributed by atoms with Crippen LogP contribution in [0.25, 0.3) is 0 Å². The van der Waals surface area contributed by atoms with E-state index in [9.17, 15) is 4.79 Å². The molecule has 13 heavy (non-hydrogen) atoms. The monoisotopic (exact) mass is 186 g/mol. The second-order valence-electron chi connectivity index (χ2n) is 4.36. The summed E-state index contributed by atoms with van der Waals surface area (Å²) in [6.07, 6.45) is 0.885. The van der Waals surface area contributed by atoms with Gasteiger partial charge in [-0.1, -0.05) is 20.8 Å². The average Bonchev–Trinajstić information content (AvgIpc) is 2.04. The summed E-state index contributed by atoms with van der Waals surface area (Å²) in [5.74, 6) is 0.558. The van der Waals surface area contributed by atoms with Crippen LogP contribution in [0.2, 0.25) is 0 Å². The van der Waals surface area contributed by atoms with Gasteiger partial charge in [0.25, 0.3) is 0 Å². The summed E-state index contributed by atoms with van der Waals surface area (Å²) in [5.41, 5.74) is 0.157. The number of amides is 1. The van der Waals surface area contributed by atoms with Crippen molar-refractivity contribution in [2.45, 2.75) is 20.8 Å². The Balaban J connectivity index is 4.31. The number of carbonyl (C=O) groups is 1. The molecule has 1 amide bonds. The van der Waals surface area contributed by atoms with Gasteiger partial charge in [0.05, 0.1) is 0 Å². The summed E-state index contributed by atoms with van der Waals surface area (Å²) < 4.78 is 0. The van der Waals surface area contributed by atoms with Crippen LogP contribution in [0.3, 0.4) is 0 Å². The lowest BCUT2D eigenvalue weighted by Crippen LogP contribution is -2.43. The molecule has 1 unspecified atom stereocenters. The van der Waals surface area contributed by atoms with Crippen molar-refractivity contribution in [2.24, 2.45) is 11.3 Å². The molecule has 0 saturated heterocycles. The smallest absolute Gasteiger partial charge is 0.209 e. The molecule has 0 aliphatic heterocycles. The molecule has 0 fully saturated rings. The summed E-state index contributed by atoms with van der Waals surface area (Å²) in [6.45, 7) is 8.32. The molecular weight excluding hydrogens is 164 g/mol. The summed E-state index contributed by atoms with van der Waals surface area (Å²) in [4.78, 5) is 12.2. The molecule has 0 rings (SSSR count). The largest absolute Gasteiger partial charge is 0.348 e. The zero-order chi connectivity index (χ0) is 10.5. The van der Waals surface area contributed by atoms with Gasteiger partial charge in [0.2, 0.25) is 6.41 Å². The number of hydrogen-bond donors (Lipinski definition) is 1. The lowest BCUT2D eigenvalue weighted by molar-refractivity contribution is -0.118. The molecule has 0 aliphatic rings. The second-order valence-corrected chi connectivity index (χ2v) is 4.36. The van der Waals surface area contributed by atoms with Crippen molar-refractivity contribution in [3.8, 4) is 0 Å². The normalized spacial score (nSPS) is 15.5. The first-order chi connectivity index (χ1) is 5.96. The van der Waals surface area contributed by atoms with Gasteiger partial charge < -0.3 is 10.2 Å². The Labute approximate surface area is 81.5 Å². The third-order valence-corrected chi connectivity index (χ3v) is 2.77. The standard InChI is InChI=1S/C10H22N2O/c1-9(2)10(3,6-11-4)7-12(5)8-13/h8-9,11H,6-7H2,1-5H3. The molecule has 0 saturated carbocycles. The SMILES string of the molecule is CNCC(C)(CN(C)C=O)C(C)C. The molecule has 78 valence electrons. The molecule has 0 aromatic rings. The van der Waals surface area contributed by atoms with Crippen LogP contribution in [-0.2, 0) is 4.79 Å². The van der Waals surface area contributed by atoms with Crippen molar-refractivity contribution >= 4 is 6.41 Å². The third-order valence-electron chi connectivity index (χ3n) is 2.77. The van der Waals surface area contributed by atoms with Crippen LogP contribution < -0.4 is 5.32 Å². The van der Waals surface area contributed by atoms with Gasteiger partial charge in [-0.05, 0) is 18.4 Å². The minimum atomic E-state index is 0.157. The van der Waals surface area contributed by atoms with E-state index >= 15 is 0 Å². The Bertz CT molecular complexity index is 159. The van der Waals surface area contributed by atoms with Crippen LogP contribution >= 0.6 is 0 Å². The van der Waals surface area contributed by atoms with Crippen molar-refractivity contribution in [3.63, 3.8) is 0 Å². The molecule has 0 aromatic heterocycles. The molecule has 0 radical (unpaired) electrons. The van der Waals surface area contributed by atoms with Crippen molar-refractivity contribution < 1.29 is 4.79 Å². The minimum Gasteiger partial charge on any atom is -0.348 e. The van der Waals surface area contributed by atoms with Crippen molar-refractivity contribution in [2.75, 3.05) is 27.2 Å². The lowest BCUT2D eigenvalue weighted by Gasteiger charge is -2.36. The Hall–Kier alpha value is -0.570. The Morgan fingerprint density at radius 3 is 2.38 bits per heavy atom. The highest BCUT2D eigenvalue weighted by Gasteiger charge is 2.28. The van der Waals surface area contributed by atoms with Crippen LogP contribution in [0, 0.1) is 11.3 Å². The molecule has 0 heterocycles. The molecule has 0 aromatic carbocycles. The first-order valence-corrected chi connectivity index (χ1v) is 4.76. The van der Waals surface area contributed by atoms with Gasteiger partial charge in [-0.3, -0.25) is 4.79 Å². The Kier molecular flexibility index (Phi) is 4.99. The number of hydrogen-bond acceptors (Lipinski definition) is 2. The Morgan fingerprint density at radius 2 is 2.08 bits per heavy atom. The maximum atomic E-state index is 10.5. The zero-order valence-electron chi connectivity index (χ0n) is 9.42. The average molecular weight is 186 g/mol. The topological polar surface area (TPSA) is 32.3 Å². The van der Waals surface area contributed by atoms with Crippen LogP contribution in [0.5, 0.6) is 0 Å². The van der Waals surface area contributed by atoms with E-state index < -0.39 is 0 Å². The molecule has 0 bridgehead atoms. The maximum Gasteiger partial charge on any atom is 0.209 e. The first-order valence-electron chi connectivity index (χ1n) is 4.76. The Morgan fingerprint density at radius 1 is 1.54 bits per heavy atom. The van der Waals surface area contributed by atoms with E-state index in [0.717, 1.165) is 19.5 Å². The summed E-state index contributed by atoms with van der Waals surface area (Å²) in [7, 11) is 3.77. The predicted molar refractivity (Wildman–Crippen MR) is 55.6 cm³/mol. The summed E-state index contributed by atoms with van der Waals surface area (Å²) >= 11 is 0. The third kappa shape index (κ3) is 3.77. The number of nitrogens with zero attached hydrogens (tertiary/aromatic N) is 1. The molecule has 1 atom stereocenters. The highest BCUT2D eigenvalue weighted by Crippen LogP contribution is 2.26. The zero-order valence-corrected chi connectivity index (χ0v) is 9.42. The van der Waals surface area contributed by atoms with Crippen LogP contribution in [0.15, 0.2) is 0 Å². The van der Waals surface area contributed by atoms with Gasteiger partial charge in [0.1, 0.15) is 0 Å². The highest BCUT2D eigenvalue weighted by atomic mass is 16.1. The quantitative estimate of drug-likeness (QED) is 0.627. The number of rotatable bonds is 6. The van der Waals surface area contributed by atoms with E-state index in [1.165, 1.54) is 0 Å². The van der Waals surface area contributed by atoms with E-state index in [1.807, 2.05) is 14.1 Å². The van der Waals surface area contributed by atoms with E-state index in [4.69, 9.17) is 0 Å². The van der Waals surface area contributed by atoms with Crippen LogP contribution in [-0.4, -0.2) is 38.5 Å². The predicted octanol–water partition coefficient (Wildman–Crippen LogP) is 0.956. The minimum absolute atomic E-state index is 0.157. The molecule has 3 nitrogen and oxygen atoms in total. The molecule has 0 spiro atoms. The van der Waals surface area contributed by atoms with Crippen molar-refractivity contribution in [1.82, 2.24) is 10.2 Å². The van der Waals surface area contributed by atoms with Gasteiger partial charge in [0.15, 0.2) is 0 Å². The molecule has 0 aliphatic carbocycles. The summed E-state index contributed by atoms with van der Waals surface area (Å²) in [6, 6.07) is 0. The van der Waals surface area contributed by atoms with Gasteiger partial charge in [0, 0.05) is 20.1 Å². The fraction of sp³-hybridized carbons (Fsp3) is 0.900. The van der Waals surface area contributed by atoms with Gasteiger partial charge in [-0.2, -0.15) is 0 Å². The van der Waals surface area contributed by atoms with Crippen molar-refractivity contribution in [1.29, 1.82) is 0 Å². The molecule has 1 N–H and O–H groups in total. The van der Waals surface area contributed by atoms with Gasteiger partial charge in [-0.25, -0.2) is 0 Å². The molecule has 3 heteroatoms. The van der Waals surface area contributed by atoms with E-state index in [-0.39, 0.29) is 5.41 Å². The maximum absolute atomic E-state index is 10.5. The van der Waals surface area contributed by atoms with Crippen LogP contribution in [0.4, 0.5) is 0 Å². The fourth-order valence-corrected chi connectivity index (χ4v) is 1.45. The number of nitrogens with one attached hydrogen (secondary N) is 1. The first kappa shape index (κ1) is 12.4. The molecular formula is C10H22N2O. The second kappa shape index (κ2) is 5.22. The van der Waals surface area contributed by atoms with Gasteiger partial charge >= 0.3 is 0 Å². The fourth-order valence-electron chi connectivity index (χ4n) is 1.45. The van der Waals surface area contributed by atoms with Crippen LogP contribution in [0.1, 0.15) is 20.8 Å². The van der Waals surface area contributed by atoms with Gasteiger partial charge in [-0.15, -0.1) is 0 Å².